The zero-order chi connectivity index (χ0) is 35.4. The van der Waals surface area contributed by atoms with Crippen LogP contribution in [-0.4, -0.2) is 88.1 Å². The van der Waals surface area contributed by atoms with Crippen LogP contribution in [-0.2, 0) is 23.9 Å². The van der Waals surface area contributed by atoms with Gasteiger partial charge in [0, 0.05) is 22.4 Å². The van der Waals surface area contributed by atoms with Crippen molar-refractivity contribution >= 4 is 35.6 Å². The smallest absolute Gasteiger partial charge is 0.238 e. The third kappa shape index (κ3) is 6.14. The van der Waals surface area contributed by atoms with E-state index < -0.39 is 58.4 Å². The highest BCUT2D eigenvalue weighted by Gasteiger charge is 2.80. The van der Waals surface area contributed by atoms with Crippen LogP contribution in [0.4, 0.5) is 10.1 Å². The largest absolute Gasteiger partial charge is 0.390 e. The van der Waals surface area contributed by atoms with Crippen LogP contribution in [0.15, 0.2) is 42.0 Å². The van der Waals surface area contributed by atoms with Gasteiger partial charge in [-0.25, -0.2) is 4.39 Å². The highest BCUT2D eigenvalue weighted by Crippen LogP contribution is 2.72. The Morgan fingerprint density at radius 2 is 1.71 bits per heavy atom. The molecule has 0 unspecified atom stereocenters. The number of ether oxygens (including phenoxy) is 2. The van der Waals surface area contributed by atoms with E-state index in [4.69, 9.17) is 9.47 Å². The molecule has 6 rings (SSSR count). The van der Waals surface area contributed by atoms with Gasteiger partial charge in [0.05, 0.1) is 18.8 Å². The fraction of sp³-hybridized carbons (Fsp3) is 0.658. The molecule has 1 aliphatic heterocycles. The number of ketones is 2. The molecule has 4 aliphatic carbocycles. The molecule has 1 saturated heterocycles. The second-order valence-electron chi connectivity index (χ2n) is 15.2. The number of allylic oxidation sites excluding steroid dienone is 4. The Hall–Kier alpha value is -2.47. The van der Waals surface area contributed by atoms with Crippen LogP contribution in [0.1, 0.15) is 78.4 Å². The predicted molar refractivity (Wildman–Crippen MR) is 188 cm³/mol. The molecule has 9 nitrogen and oxygen atoms in total. The fourth-order valence-electron chi connectivity index (χ4n) is 9.77. The Kier molecular flexibility index (Phi) is 11.2. The number of likely N-dealkylation sites (N-methyl/N-ethyl adjacent to an activating group) is 1. The van der Waals surface area contributed by atoms with Crippen molar-refractivity contribution in [1.82, 2.24) is 4.90 Å². The lowest BCUT2D eigenvalue weighted by molar-refractivity contribution is -0.246. The number of carbonyl (C=O) groups excluding carboxylic acids is 3. The maximum Gasteiger partial charge on any atom is 0.238 e. The van der Waals surface area contributed by atoms with Crippen molar-refractivity contribution in [2.75, 3.05) is 31.6 Å². The molecule has 8 atom stereocenters. The Balaban J connectivity index is 0.000000257. The summed E-state index contributed by atoms with van der Waals surface area (Å²) in [5.74, 6) is -2.40. The first-order valence-electron chi connectivity index (χ1n) is 17.4. The number of fused-ring (bicyclic) bond motifs is 7. The van der Waals surface area contributed by atoms with Crippen LogP contribution in [0.5, 0.6) is 0 Å². The number of anilines is 1. The van der Waals surface area contributed by atoms with E-state index in [1.807, 2.05) is 39.0 Å². The molecule has 1 aromatic rings. The van der Waals surface area contributed by atoms with Crippen molar-refractivity contribution in [3.63, 3.8) is 0 Å². The summed E-state index contributed by atoms with van der Waals surface area (Å²) in [6, 6.07) is 6.03. The summed E-state index contributed by atoms with van der Waals surface area (Å²) in [5, 5.41) is 24.2. The number of para-hydroxylation sites is 1. The van der Waals surface area contributed by atoms with Gasteiger partial charge < -0.3 is 25.0 Å². The zero-order valence-corrected chi connectivity index (χ0v) is 30.9. The summed E-state index contributed by atoms with van der Waals surface area (Å²) < 4.78 is 29.5. The van der Waals surface area contributed by atoms with Crippen molar-refractivity contribution in [3.05, 3.63) is 53.1 Å². The summed E-state index contributed by atoms with van der Waals surface area (Å²) in [7, 11) is 0. The predicted octanol–water partition coefficient (Wildman–Crippen LogP) is 5.42. The van der Waals surface area contributed by atoms with E-state index in [2.05, 4.69) is 24.1 Å². The molecule has 0 bridgehead atoms. The lowest BCUT2D eigenvalue weighted by Gasteiger charge is -2.62. The molecule has 11 heteroatoms. The average Bonchev–Trinajstić information content (AvgIpc) is 3.44. The fourth-order valence-corrected chi connectivity index (χ4v) is 9.77. The van der Waals surface area contributed by atoms with Gasteiger partial charge in [0.25, 0.3) is 0 Å². The van der Waals surface area contributed by atoms with Crippen molar-refractivity contribution in [3.8, 4) is 0 Å². The summed E-state index contributed by atoms with van der Waals surface area (Å²) in [6.07, 6.45) is 4.00. The lowest BCUT2D eigenvalue weighted by Crippen LogP contribution is -2.70. The van der Waals surface area contributed by atoms with Gasteiger partial charge in [-0.15, -0.1) is 12.4 Å². The maximum absolute atomic E-state index is 17.1. The highest BCUT2D eigenvalue weighted by molar-refractivity contribution is 6.01. The minimum atomic E-state index is -1.98. The van der Waals surface area contributed by atoms with Crippen LogP contribution in [0.25, 0.3) is 0 Å². The second-order valence-corrected chi connectivity index (χ2v) is 15.2. The van der Waals surface area contributed by atoms with Crippen LogP contribution < -0.4 is 5.32 Å². The number of aryl methyl sites for hydroxylation is 2. The number of amides is 1. The van der Waals surface area contributed by atoms with Gasteiger partial charge in [-0.2, -0.15) is 0 Å². The van der Waals surface area contributed by atoms with Gasteiger partial charge in [0.2, 0.25) is 5.91 Å². The lowest BCUT2D eigenvalue weighted by atomic mass is 9.44. The van der Waals surface area contributed by atoms with Gasteiger partial charge in [-0.1, -0.05) is 50.6 Å². The first-order valence-corrected chi connectivity index (χ1v) is 17.4. The number of hydrogen-bond donors (Lipinski definition) is 3. The molecule has 0 spiro atoms. The van der Waals surface area contributed by atoms with Crippen LogP contribution in [0, 0.1) is 36.5 Å². The maximum atomic E-state index is 17.1. The Labute approximate surface area is 296 Å². The van der Waals surface area contributed by atoms with Crippen LogP contribution >= 0.6 is 12.4 Å². The quantitative estimate of drug-likeness (QED) is 0.344. The number of benzene rings is 1. The molecule has 4 fully saturated rings. The van der Waals surface area contributed by atoms with Gasteiger partial charge in [0.1, 0.15) is 6.61 Å². The Morgan fingerprint density at radius 1 is 1.08 bits per heavy atom. The number of hydrogen-bond acceptors (Lipinski definition) is 8. The van der Waals surface area contributed by atoms with Crippen molar-refractivity contribution < 1.29 is 38.5 Å². The van der Waals surface area contributed by atoms with E-state index in [-0.39, 0.29) is 36.4 Å². The number of alkyl halides is 1. The molecule has 3 saturated carbocycles. The van der Waals surface area contributed by atoms with Gasteiger partial charge in [-0.05, 0) is 103 Å². The second kappa shape index (κ2) is 13.9. The van der Waals surface area contributed by atoms with Gasteiger partial charge >= 0.3 is 0 Å². The average molecular weight is 705 g/mol. The third-order valence-electron chi connectivity index (χ3n) is 12.2. The number of nitrogens with zero attached hydrogens (tertiary/aromatic N) is 1. The monoisotopic (exact) mass is 704 g/mol. The summed E-state index contributed by atoms with van der Waals surface area (Å²) in [5.41, 5.74) is -1.49. The molecule has 0 radical (unpaired) electrons. The Morgan fingerprint density at radius 3 is 2.31 bits per heavy atom. The minimum absolute atomic E-state index is 0. The van der Waals surface area contributed by atoms with E-state index in [1.165, 1.54) is 12.2 Å². The zero-order valence-electron chi connectivity index (χ0n) is 30.1. The molecule has 1 aromatic carbocycles. The minimum Gasteiger partial charge on any atom is -0.390 e. The number of aliphatic hydroxyl groups is 2. The van der Waals surface area contributed by atoms with Crippen molar-refractivity contribution in [2.45, 2.75) is 110 Å². The topological polar surface area (TPSA) is 125 Å². The van der Waals surface area contributed by atoms with E-state index in [1.54, 1.807) is 26.8 Å². The molecule has 5 aliphatic rings. The van der Waals surface area contributed by atoms with Crippen LogP contribution in [0.2, 0.25) is 0 Å². The van der Waals surface area contributed by atoms with Crippen molar-refractivity contribution in [1.29, 1.82) is 0 Å². The van der Waals surface area contributed by atoms with E-state index in [0.29, 0.717) is 25.8 Å². The number of rotatable bonds is 7. The normalized spacial score (nSPS) is 36.7. The molecule has 49 heavy (non-hydrogen) atoms. The molecule has 1 amide bonds. The number of Topliss-reactive ketones (excluding diaryl/α,β-unsaturated/α-hetero) is 1. The summed E-state index contributed by atoms with van der Waals surface area (Å²) in [6.45, 7) is 16.8. The molecule has 3 N–H and O–H groups in total. The van der Waals surface area contributed by atoms with Crippen molar-refractivity contribution in [2.24, 2.45) is 22.7 Å². The number of aliphatic hydroxyl groups excluding tert-OH is 2. The third-order valence-corrected chi connectivity index (χ3v) is 12.2. The number of nitrogens with one attached hydrogen (secondary N) is 1. The molecular weight excluding hydrogens is 651 g/mol. The van der Waals surface area contributed by atoms with Crippen LogP contribution in [0.3, 0.4) is 0 Å². The van der Waals surface area contributed by atoms with Gasteiger partial charge in [-0.3, -0.25) is 19.3 Å². The summed E-state index contributed by atoms with van der Waals surface area (Å²) in [4.78, 5) is 39.1. The van der Waals surface area contributed by atoms with E-state index in [0.717, 1.165) is 35.5 Å². The SMILES string of the molecule is CC1(C)O[C@@H]2C[C@H]3[C@@H]4CCC5=CC(=O)C=C[C@]5(C)[C@@]4(F)[C@@H](O)C[C@]3(C)[C@]2(C(=O)CO)O1.CCN(CC)CC(=O)Nc1c(C)cccc1C.Cl. The standard InChI is InChI=1S/C24H31FO6.C14H22N2O.ClH/c1-20(2)30-19-10-16-15-6-5-13-9-14(27)7-8-21(13,3)23(15,25)17(28)11-22(16,4)24(19,31-20)18(29)12-26;1-5-16(6-2)10-13(17)15-14-11(3)8-7-9-12(14)4;/h7-9,15-17,19,26,28H,5-6,10-12H2,1-4H3;7-9H,5-6,10H2,1-4H3,(H,15,17);1H/t15-,16-,17-,19+,21-,22-,23-,24+;;/m0../s1. The first-order chi connectivity index (χ1) is 22.4. The first kappa shape index (κ1) is 39.3. The summed E-state index contributed by atoms with van der Waals surface area (Å²) >= 11 is 0. The molecular formula is C38H54ClFN2O7. The Bertz CT molecular complexity index is 1510. The molecule has 272 valence electrons. The molecule has 1 heterocycles. The van der Waals surface area contributed by atoms with Gasteiger partial charge in [0.15, 0.2) is 28.6 Å². The number of carbonyl (C=O) groups is 3. The van der Waals surface area contributed by atoms with E-state index >= 15 is 4.39 Å². The van der Waals surface area contributed by atoms with E-state index in [9.17, 15) is 24.6 Å². The highest BCUT2D eigenvalue weighted by atomic mass is 35.5. The molecule has 0 aromatic heterocycles. The number of halogens is 2.